The van der Waals surface area contributed by atoms with E-state index in [1.165, 1.54) is 0 Å². The number of nitrogens with two attached hydrogens (primary N) is 1. The van der Waals surface area contributed by atoms with Gasteiger partial charge in [-0.1, -0.05) is 5.16 Å². The molecule has 0 aromatic heterocycles. The topological polar surface area (TPSA) is 89.5 Å². The van der Waals surface area contributed by atoms with Crippen LogP contribution in [0.4, 0.5) is 0 Å². The summed E-state index contributed by atoms with van der Waals surface area (Å²) >= 11 is 0. The van der Waals surface area contributed by atoms with Gasteiger partial charge in [-0.15, -0.1) is 0 Å². The van der Waals surface area contributed by atoms with Crippen LogP contribution >= 0.6 is 0 Å². The van der Waals surface area contributed by atoms with E-state index in [2.05, 4.69) is 17.1 Å². The maximum atomic E-state index is 8.76. The van der Waals surface area contributed by atoms with Crippen LogP contribution in [0.15, 0.2) is 23.4 Å². The molecule has 2 rings (SSSR count). The monoisotopic (exact) mass is 295 g/mol. The van der Waals surface area contributed by atoms with Crippen LogP contribution in [-0.2, 0) is 4.74 Å². The van der Waals surface area contributed by atoms with Crippen molar-refractivity contribution in [1.29, 1.82) is 0 Å². The van der Waals surface area contributed by atoms with E-state index in [-0.39, 0.29) is 11.9 Å². The molecule has 1 heterocycles. The van der Waals surface area contributed by atoms with Crippen LogP contribution in [0.1, 0.15) is 5.56 Å². The number of hydrogen-bond donors (Lipinski definition) is 2. The van der Waals surface area contributed by atoms with Crippen LogP contribution in [0.2, 0.25) is 0 Å². The molecule has 7 heteroatoms. The van der Waals surface area contributed by atoms with E-state index in [1.807, 2.05) is 0 Å². The highest BCUT2D eigenvalue weighted by molar-refractivity contribution is 5.97. The zero-order valence-electron chi connectivity index (χ0n) is 12.3. The van der Waals surface area contributed by atoms with Crippen LogP contribution in [0, 0.1) is 0 Å². The van der Waals surface area contributed by atoms with Gasteiger partial charge in [-0.3, -0.25) is 0 Å². The summed E-state index contributed by atoms with van der Waals surface area (Å²) in [7, 11) is 3.60. The van der Waals surface area contributed by atoms with Gasteiger partial charge in [0, 0.05) is 24.7 Å². The molecule has 0 amide bonds. The van der Waals surface area contributed by atoms with Crippen LogP contribution < -0.4 is 15.2 Å². The van der Waals surface area contributed by atoms with Crippen molar-refractivity contribution in [2.75, 3.05) is 40.5 Å². The number of amidine groups is 1. The third-order valence-corrected chi connectivity index (χ3v) is 3.30. The summed E-state index contributed by atoms with van der Waals surface area (Å²) in [6.07, 6.45) is 0.0299. The predicted molar refractivity (Wildman–Crippen MR) is 78.2 cm³/mol. The maximum absolute atomic E-state index is 8.76. The third kappa shape index (κ3) is 4.24. The summed E-state index contributed by atoms with van der Waals surface area (Å²) in [6, 6.07) is 5.12. The maximum Gasteiger partial charge on any atom is 0.170 e. The third-order valence-electron chi connectivity index (χ3n) is 3.30. The number of hydrogen-bond acceptors (Lipinski definition) is 6. The average Bonchev–Trinajstić information content (AvgIpc) is 2.51. The summed E-state index contributed by atoms with van der Waals surface area (Å²) in [5.41, 5.74) is 6.14. The van der Waals surface area contributed by atoms with Crippen molar-refractivity contribution in [1.82, 2.24) is 4.90 Å². The highest BCUT2D eigenvalue weighted by Crippen LogP contribution is 2.23. The first-order valence-electron chi connectivity index (χ1n) is 6.72. The predicted octanol–water partition coefficient (Wildman–Crippen LogP) is 0.499. The molecule has 1 aromatic carbocycles. The van der Waals surface area contributed by atoms with Gasteiger partial charge in [-0.05, 0) is 19.2 Å². The van der Waals surface area contributed by atoms with E-state index in [4.69, 9.17) is 25.2 Å². The van der Waals surface area contributed by atoms with E-state index in [0.29, 0.717) is 30.3 Å². The van der Waals surface area contributed by atoms with Gasteiger partial charge >= 0.3 is 0 Å². The number of morpholine rings is 1. The first kappa shape index (κ1) is 15.4. The lowest BCUT2D eigenvalue weighted by Gasteiger charge is -2.29. The Morgan fingerprint density at radius 1 is 1.48 bits per heavy atom. The fraction of sp³-hybridized carbons (Fsp3) is 0.500. The van der Waals surface area contributed by atoms with Crippen LogP contribution in [-0.4, -0.2) is 62.5 Å². The normalized spacial score (nSPS) is 20.3. The first-order chi connectivity index (χ1) is 10.1. The van der Waals surface area contributed by atoms with E-state index >= 15 is 0 Å². The Bertz CT molecular complexity index is 507. The van der Waals surface area contributed by atoms with Gasteiger partial charge in [-0.25, -0.2) is 0 Å². The highest BCUT2D eigenvalue weighted by atomic mass is 16.5. The van der Waals surface area contributed by atoms with Crippen LogP contribution in [0.3, 0.4) is 0 Å². The van der Waals surface area contributed by atoms with E-state index in [9.17, 15) is 0 Å². The molecule has 0 aliphatic carbocycles. The highest BCUT2D eigenvalue weighted by Gasteiger charge is 2.18. The summed E-state index contributed by atoms with van der Waals surface area (Å²) in [6.45, 7) is 2.91. The average molecular weight is 295 g/mol. The molecule has 21 heavy (non-hydrogen) atoms. The molecule has 0 spiro atoms. The number of likely N-dealkylation sites (N-methyl/N-ethyl adjacent to an activating group) is 1. The molecule has 0 radical (unpaired) electrons. The zero-order valence-corrected chi connectivity index (χ0v) is 12.3. The Balaban J connectivity index is 2.05. The van der Waals surface area contributed by atoms with Gasteiger partial charge in [0.2, 0.25) is 0 Å². The Hall–Kier alpha value is -1.99. The molecule has 3 N–H and O–H groups in total. The SMILES string of the molecule is COc1cc(OCC2CN(C)CCO2)cc(/C(N)=N/O)c1. The first-order valence-corrected chi connectivity index (χ1v) is 6.72. The van der Waals surface area contributed by atoms with Crippen molar-refractivity contribution < 1.29 is 19.4 Å². The van der Waals surface area contributed by atoms with Gasteiger partial charge in [0.15, 0.2) is 5.84 Å². The number of nitrogens with zero attached hydrogens (tertiary/aromatic N) is 2. The lowest BCUT2D eigenvalue weighted by atomic mass is 10.2. The Kier molecular flexibility index (Phi) is 5.24. The molecule has 1 atom stereocenters. The Labute approximate surface area is 123 Å². The molecule has 1 unspecified atom stereocenters. The van der Waals surface area contributed by atoms with Gasteiger partial charge in [0.1, 0.15) is 24.2 Å². The standard InChI is InChI=1S/C14H21N3O4/c1-17-3-4-20-13(8-17)9-21-12-6-10(14(15)16-18)5-11(7-12)19-2/h5-7,13,18H,3-4,8-9H2,1-2H3,(H2,15,16). The van der Waals surface area contributed by atoms with Crippen LogP contribution in [0.25, 0.3) is 0 Å². The van der Waals surface area contributed by atoms with Crippen molar-refractivity contribution in [2.45, 2.75) is 6.10 Å². The van der Waals surface area contributed by atoms with Crippen molar-refractivity contribution in [3.05, 3.63) is 23.8 Å². The van der Waals surface area contributed by atoms with E-state index < -0.39 is 0 Å². The van der Waals surface area contributed by atoms with Crippen molar-refractivity contribution >= 4 is 5.84 Å². The van der Waals surface area contributed by atoms with Crippen LogP contribution in [0.5, 0.6) is 11.5 Å². The minimum Gasteiger partial charge on any atom is -0.497 e. The smallest absolute Gasteiger partial charge is 0.170 e. The fourth-order valence-electron chi connectivity index (χ4n) is 2.14. The molecule has 1 aliphatic rings. The second-order valence-electron chi connectivity index (χ2n) is 4.95. The molecule has 1 fully saturated rings. The van der Waals surface area contributed by atoms with Crippen molar-refractivity contribution in [3.8, 4) is 11.5 Å². The molecule has 0 bridgehead atoms. The van der Waals surface area contributed by atoms with Gasteiger partial charge < -0.3 is 30.1 Å². The molecular weight excluding hydrogens is 274 g/mol. The molecule has 1 aromatic rings. The summed E-state index contributed by atoms with van der Waals surface area (Å²) < 4.78 is 16.6. The lowest BCUT2D eigenvalue weighted by Crippen LogP contribution is -2.42. The van der Waals surface area contributed by atoms with Gasteiger partial charge in [0.05, 0.1) is 13.7 Å². The van der Waals surface area contributed by atoms with E-state index in [1.54, 1.807) is 25.3 Å². The number of benzene rings is 1. The number of methoxy groups -OCH3 is 1. The molecule has 1 saturated heterocycles. The van der Waals surface area contributed by atoms with Crippen molar-refractivity contribution in [2.24, 2.45) is 10.9 Å². The minimum atomic E-state index is 0.00685. The largest absolute Gasteiger partial charge is 0.497 e. The molecule has 116 valence electrons. The molecule has 1 aliphatic heterocycles. The lowest BCUT2D eigenvalue weighted by molar-refractivity contribution is -0.0403. The number of rotatable bonds is 5. The summed E-state index contributed by atoms with van der Waals surface area (Å²) in [5.74, 6) is 1.18. The van der Waals surface area contributed by atoms with Crippen molar-refractivity contribution in [3.63, 3.8) is 0 Å². The summed E-state index contributed by atoms with van der Waals surface area (Å²) in [4.78, 5) is 2.20. The Morgan fingerprint density at radius 3 is 2.90 bits per heavy atom. The zero-order chi connectivity index (χ0) is 15.2. The second kappa shape index (κ2) is 7.14. The fourth-order valence-corrected chi connectivity index (χ4v) is 2.14. The van der Waals surface area contributed by atoms with Gasteiger partial charge in [0.25, 0.3) is 0 Å². The number of oxime groups is 1. The molecule has 0 saturated carbocycles. The molecular formula is C14H21N3O4. The summed E-state index contributed by atoms with van der Waals surface area (Å²) in [5, 5.41) is 11.7. The van der Waals surface area contributed by atoms with Gasteiger partial charge in [-0.2, -0.15) is 0 Å². The van der Waals surface area contributed by atoms with E-state index in [0.717, 1.165) is 13.1 Å². The quantitative estimate of drug-likeness (QED) is 0.356. The molecule has 7 nitrogen and oxygen atoms in total. The Morgan fingerprint density at radius 2 is 2.24 bits per heavy atom. The second-order valence-corrected chi connectivity index (χ2v) is 4.95. The minimum absolute atomic E-state index is 0.00685. The number of ether oxygens (including phenoxy) is 3.